The molecule has 1 aliphatic heterocycles. The fourth-order valence-corrected chi connectivity index (χ4v) is 5.74. The van der Waals surface area contributed by atoms with Gasteiger partial charge in [0.05, 0.1) is 11.8 Å². The summed E-state index contributed by atoms with van der Waals surface area (Å²) in [4.78, 5) is 13.9. The Labute approximate surface area is 235 Å². The molecule has 0 bridgehead atoms. The van der Waals surface area contributed by atoms with E-state index in [0.29, 0.717) is 6.04 Å². The molecule has 2 aliphatic rings. The Morgan fingerprint density at radius 1 is 1.13 bits per heavy atom. The van der Waals surface area contributed by atoms with E-state index in [0.717, 1.165) is 42.5 Å². The molecule has 0 saturated carbocycles. The number of carbonyl (C=O) groups excluding carboxylic acids is 1. The minimum atomic E-state index is 0.0949. The van der Waals surface area contributed by atoms with Crippen molar-refractivity contribution in [2.75, 3.05) is 19.6 Å². The molecule has 1 fully saturated rings. The number of Topliss-reactive ketones (excluding diaryl/α,β-unsaturated/α-hetero) is 1. The molecule has 4 nitrogen and oxygen atoms in total. The first kappa shape index (κ1) is 34.1. The largest absolute Gasteiger partial charge is 0.299 e. The Morgan fingerprint density at radius 3 is 2.42 bits per heavy atom. The van der Waals surface area contributed by atoms with Crippen molar-refractivity contribution in [3.05, 3.63) is 52.9 Å². The van der Waals surface area contributed by atoms with Crippen molar-refractivity contribution in [3.8, 4) is 0 Å². The number of carbonyl (C=O) groups is 1. The molecule has 4 heteroatoms. The first-order chi connectivity index (χ1) is 18.1. The van der Waals surface area contributed by atoms with Gasteiger partial charge >= 0.3 is 0 Å². The maximum atomic E-state index is 11.2. The lowest BCUT2D eigenvalue weighted by atomic mass is 9.85. The highest BCUT2D eigenvalue weighted by Crippen LogP contribution is 2.30. The predicted octanol–water partition coefficient (Wildman–Crippen LogP) is 9.53. The Balaban J connectivity index is 0.000000389. The summed E-state index contributed by atoms with van der Waals surface area (Å²) >= 11 is 0. The molecule has 216 valence electrons. The van der Waals surface area contributed by atoms with Crippen molar-refractivity contribution in [2.45, 2.75) is 126 Å². The zero-order chi connectivity index (χ0) is 28.7. The molecule has 2 heterocycles. The van der Waals surface area contributed by atoms with Crippen LogP contribution in [0.5, 0.6) is 0 Å². The molecular weight excluding hydrogens is 466 g/mol. The van der Waals surface area contributed by atoms with Crippen LogP contribution in [0.25, 0.3) is 0 Å². The summed E-state index contributed by atoms with van der Waals surface area (Å²) in [6.45, 7) is 26.6. The minimum Gasteiger partial charge on any atom is -0.299 e. The van der Waals surface area contributed by atoms with Crippen LogP contribution in [0.4, 0.5) is 0 Å². The number of aromatic nitrogens is 2. The van der Waals surface area contributed by atoms with Crippen molar-refractivity contribution >= 4 is 5.78 Å². The molecule has 1 aliphatic carbocycles. The van der Waals surface area contributed by atoms with Gasteiger partial charge in [-0.15, -0.1) is 0 Å². The summed E-state index contributed by atoms with van der Waals surface area (Å²) in [5.41, 5.74) is 6.31. The monoisotopic (exact) mass is 525 g/mol. The number of likely N-dealkylation sites (tertiary alicyclic amines) is 1. The molecule has 0 N–H and O–H groups in total. The maximum Gasteiger partial charge on any atom is 0.163 e. The third kappa shape index (κ3) is 11.0. The van der Waals surface area contributed by atoms with Crippen LogP contribution in [-0.4, -0.2) is 40.1 Å². The van der Waals surface area contributed by atoms with Crippen molar-refractivity contribution in [2.24, 2.45) is 11.8 Å². The van der Waals surface area contributed by atoms with E-state index in [-0.39, 0.29) is 5.78 Å². The molecule has 1 aromatic rings. The number of allylic oxidation sites excluding steroid dienone is 3. The van der Waals surface area contributed by atoms with Gasteiger partial charge in [0.25, 0.3) is 0 Å². The SMILES string of the molecule is C=C(C)[C@@H]1CCN(CC2=C(/C)CCCCC/C=C\2)CCC1C.CC.CCCC(C)n1ncc(C(C)=O)c1C. The molecule has 3 rings (SSSR count). The Hall–Kier alpha value is -1.94. The number of nitrogens with zero attached hydrogens (tertiary/aromatic N) is 3. The standard InChI is InChI=1S/C21H35N.C11H18N2O.C2H6/c1-17(2)21-13-15-22(14-12-19(21)4)16-20-11-9-7-5-6-8-10-18(20)3;1-5-6-8(2)13-9(3)11(7-12-13)10(4)14;1-2/h9,11,19,21H,1,5-8,10,12-16H2,2-4H3;7-8H,5-6H2,1-4H3;1-2H3/b11-9-,20-18-;;/t19?,21-;;/m0../s1. The molecule has 2 unspecified atom stereocenters. The number of hydrogen-bond donors (Lipinski definition) is 0. The maximum absolute atomic E-state index is 11.2. The zero-order valence-corrected chi connectivity index (χ0v) is 26.4. The summed E-state index contributed by atoms with van der Waals surface area (Å²) in [7, 11) is 0. The molecule has 0 aromatic carbocycles. The normalized spacial score (nSPS) is 24.2. The topological polar surface area (TPSA) is 38.1 Å². The minimum absolute atomic E-state index is 0.0949. The molecule has 1 saturated heterocycles. The van der Waals surface area contributed by atoms with E-state index in [1.54, 1.807) is 24.3 Å². The van der Waals surface area contributed by atoms with Gasteiger partial charge in [0.15, 0.2) is 5.78 Å². The van der Waals surface area contributed by atoms with E-state index >= 15 is 0 Å². The molecule has 1 aromatic heterocycles. The summed E-state index contributed by atoms with van der Waals surface area (Å²) in [5, 5.41) is 4.25. The Bertz CT molecular complexity index is 907. The molecular formula is C34H59N3O. The number of rotatable bonds is 7. The van der Waals surface area contributed by atoms with Gasteiger partial charge in [0.1, 0.15) is 0 Å². The van der Waals surface area contributed by atoms with Crippen LogP contribution in [0.1, 0.15) is 135 Å². The van der Waals surface area contributed by atoms with Crippen LogP contribution in [0.15, 0.2) is 41.6 Å². The lowest BCUT2D eigenvalue weighted by Gasteiger charge is -2.22. The fraction of sp³-hybridized carbons (Fsp3) is 0.706. The van der Waals surface area contributed by atoms with E-state index in [1.807, 2.05) is 25.5 Å². The van der Waals surface area contributed by atoms with Crippen LogP contribution >= 0.6 is 0 Å². The van der Waals surface area contributed by atoms with Gasteiger partial charge in [0, 0.05) is 18.3 Å². The van der Waals surface area contributed by atoms with E-state index in [9.17, 15) is 4.79 Å². The first-order valence-corrected chi connectivity index (χ1v) is 15.4. The van der Waals surface area contributed by atoms with Gasteiger partial charge in [-0.2, -0.15) is 5.10 Å². The summed E-state index contributed by atoms with van der Waals surface area (Å²) in [5.74, 6) is 1.60. The van der Waals surface area contributed by atoms with Crippen molar-refractivity contribution in [3.63, 3.8) is 0 Å². The Kier molecular flexibility index (Phi) is 16.5. The van der Waals surface area contributed by atoms with E-state index in [4.69, 9.17) is 0 Å². The van der Waals surface area contributed by atoms with Gasteiger partial charge < -0.3 is 0 Å². The molecule has 0 spiro atoms. The van der Waals surface area contributed by atoms with Gasteiger partial charge in [-0.25, -0.2) is 0 Å². The van der Waals surface area contributed by atoms with Gasteiger partial charge in [-0.3, -0.25) is 14.4 Å². The van der Waals surface area contributed by atoms with Crippen LogP contribution in [0.3, 0.4) is 0 Å². The Morgan fingerprint density at radius 2 is 1.82 bits per heavy atom. The van der Waals surface area contributed by atoms with Gasteiger partial charge in [-0.1, -0.05) is 70.4 Å². The van der Waals surface area contributed by atoms with E-state index in [1.165, 1.54) is 63.6 Å². The van der Waals surface area contributed by atoms with Crippen molar-refractivity contribution in [1.82, 2.24) is 14.7 Å². The highest BCUT2D eigenvalue weighted by atomic mass is 16.1. The molecule has 38 heavy (non-hydrogen) atoms. The van der Waals surface area contributed by atoms with Gasteiger partial charge in [-0.05, 0) is 110 Å². The predicted molar refractivity (Wildman–Crippen MR) is 166 cm³/mol. The average Bonchev–Trinajstić information content (AvgIpc) is 3.22. The molecule has 0 radical (unpaired) electrons. The van der Waals surface area contributed by atoms with Crippen molar-refractivity contribution < 1.29 is 4.79 Å². The second-order valence-corrected chi connectivity index (χ2v) is 11.4. The molecule has 0 amide bonds. The van der Waals surface area contributed by atoms with Crippen LogP contribution in [0.2, 0.25) is 0 Å². The van der Waals surface area contributed by atoms with Gasteiger partial charge in [0.2, 0.25) is 0 Å². The third-order valence-corrected chi connectivity index (χ3v) is 8.21. The summed E-state index contributed by atoms with van der Waals surface area (Å²) in [6, 6.07) is 0.382. The lowest BCUT2D eigenvalue weighted by molar-refractivity contribution is 0.101. The third-order valence-electron chi connectivity index (χ3n) is 8.21. The second-order valence-electron chi connectivity index (χ2n) is 11.4. The first-order valence-electron chi connectivity index (χ1n) is 15.4. The number of hydrogen-bond acceptors (Lipinski definition) is 3. The van der Waals surface area contributed by atoms with Crippen LogP contribution in [0, 0.1) is 18.8 Å². The highest BCUT2D eigenvalue weighted by molar-refractivity contribution is 5.94. The fourth-order valence-electron chi connectivity index (χ4n) is 5.74. The van der Waals surface area contributed by atoms with Crippen LogP contribution in [-0.2, 0) is 0 Å². The summed E-state index contributed by atoms with van der Waals surface area (Å²) < 4.78 is 1.94. The van der Waals surface area contributed by atoms with Crippen LogP contribution < -0.4 is 0 Å². The molecule has 3 atom stereocenters. The second kappa shape index (κ2) is 18.4. The van der Waals surface area contributed by atoms with E-state index in [2.05, 4.69) is 63.3 Å². The number of ketones is 1. The smallest absolute Gasteiger partial charge is 0.163 e. The van der Waals surface area contributed by atoms with Crippen molar-refractivity contribution in [1.29, 1.82) is 0 Å². The van der Waals surface area contributed by atoms with E-state index < -0.39 is 0 Å². The lowest BCUT2D eigenvalue weighted by Crippen LogP contribution is -2.27. The zero-order valence-electron chi connectivity index (χ0n) is 26.4. The average molecular weight is 526 g/mol. The quantitative estimate of drug-likeness (QED) is 0.263. The summed E-state index contributed by atoms with van der Waals surface area (Å²) in [6.07, 6.45) is 18.0. The highest BCUT2D eigenvalue weighted by Gasteiger charge is 2.24.